The van der Waals surface area contributed by atoms with Gasteiger partial charge in [0.2, 0.25) is 0 Å². The Labute approximate surface area is 243 Å². The molecule has 0 fully saturated rings. The van der Waals surface area contributed by atoms with E-state index in [0.717, 1.165) is 0 Å². The third-order valence-corrected chi connectivity index (χ3v) is 6.65. The Kier molecular flexibility index (Phi) is 6.89. The van der Waals surface area contributed by atoms with Crippen molar-refractivity contribution in [3.05, 3.63) is 68.7 Å². The van der Waals surface area contributed by atoms with Crippen molar-refractivity contribution in [3.63, 3.8) is 0 Å². The molecule has 0 saturated carbocycles. The number of nitrogens with two attached hydrogens (primary N) is 4. The van der Waals surface area contributed by atoms with E-state index in [0.29, 0.717) is 10.8 Å². The summed E-state index contributed by atoms with van der Waals surface area (Å²) in [5.74, 6) is -9.08. The summed E-state index contributed by atoms with van der Waals surface area (Å²) >= 11 is 0. The van der Waals surface area contributed by atoms with Gasteiger partial charge in [0.25, 0.3) is 0 Å². The molecule has 0 aliphatic heterocycles. The van der Waals surface area contributed by atoms with Crippen LogP contribution in [0.2, 0.25) is 0 Å². The quantitative estimate of drug-likeness (QED) is 0.0646. The molecule has 13 nitrogen and oxygen atoms in total. The molecule has 0 saturated heterocycles. The number of hydrogen-bond donors (Lipinski definition) is 7. The van der Waals surface area contributed by atoms with Crippen LogP contribution in [0.5, 0.6) is 0 Å². The van der Waals surface area contributed by atoms with Gasteiger partial charge >= 0.3 is 0 Å². The molecular formula is C27H17F4N13. The van der Waals surface area contributed by atoms with E-state index in [9.17, 15) is 33.3 Å². The van der Waals surface area contributed by atoms with Crippen LogP contribution in [0.1, 0.15) is 16.8 Å². The molecule has 0 bridgehead atoms. The average molecular weight is 600 g/mol. The number of nitrogens with zero attached hydrogens (tertiary/aromatic N) is 6. The van der Waals surface area contributed by atoms with Gasteiger partial charge < -0.3 is 28.3 Å². The van der Waals surface area contributed by atoms with Crippen LogP contribution < -0.4 is 49.5 Å². The summed E-state index contributed by atoms with van der Waals surface area (Å²) < 4.78 is 58.9. The number of aromatic nitrogens is 3. The third-order valence-electron chi connectivity index (χ3n) is 6.65. The normalized spacial score (nSPS) is 10.7. The van der Waals surface area contributed by atoms with E-state index in [1.54, 1.807) is 0 Å². The SMILES string of the molecule is CNC(N)=c1c(F)c(F)c(=C(N)NNc2cc3c4cc(C#N)c(N)nc4c4nc(C#N)c(C#N)cc4c3nc2N)c(F)c1F. The molecule has 2 aromatic carbocycles. The van der Waals surface area contributed by atoms with Gasteiger partial charge in [0.05, 0.1) is 38.3 Å². The van der Waals surface area contributed by atoms with Crippen molar-refractivity contribution in [1.82, 2.24) is 25.7 Å². The van der Waals surface area contributed by atoms with E-state index in [4.69, 9.17) is 22.9 Å². The van der Waals surface area contributed by atoms with Crippen molar-refractivity contribution in [2.24, 2.45) is 11.5 Å². The van der Waals surface area contributed by atoms with Gasteiger partial charge in [-0.2, -0.15) is 15.8 Å². The van der Waals surface area contributed by atoms with Gasteiger partial charge in [-0.15, -0.1) is 0 Å². The largest absolute Gasteiger partial charge is 0.385 e. The fourth-order valence-corrected chi connectivity index (χ4v) is 4.51. The Morgan fingerprint density at radius 1 is 0.682 bits per heavy atom. The predicted molar refractivity (Wildman–Crippen MR) is 152 cm³/mol. The topological polar surface area (TPSA) is 250 Å². The first-order valence-corrected chi connectivity index (χ1v) is 12.2. The zero-order valence-corrected chi connectivity index (χ0v) is 22.2. The van der Waals surface area contributed by atoms with E-state index in [1.807, 2.05) is 18.2 Å². The summed E-state index contributed by atoms with van der Waals surface area (Å²) in [6.07, 6.45) is 0. The summed E-state index contributed by atoms with van der Waals surface area (Å²) in [6, 6.07) is 9.84. The van der Waals surface area contributed by atoms with Crippen LogP contribution in [-0.4, -0.2) is 22.0 Å². The van der Waals surface area contributed by atoms with Crippen LogP contribution in [-0.2, 0) is 0 Å². The molecule has 0 spiro atoms. The van der Waals surface area contributed by atoms with E-state index >= 15 is 0 Å². The fourth-order valence-electron chi connectivity index (χ4n) is 4.51. The van der Waals surface area contributed by atoms with Gasteiger partial charge in [-0.25, -0.2) is 32.5 Å². The maximum absolute atomic E-state index is 14.8. The molecule has 0 unspecified atom stereocenters. The number of pyridine rings is 3. The van der Waals surface area contributed by atoms with Gasteiger partial charge in [-0.3, -0.25) is 10.9 Å². The van der Waals surface area contributed by atoms with Gasteiger partial charge in [0, 0.05) is 23.2 Å². The molecule has 0 atom stereocenters. The molecular weight excluding hydrogens is 582 g/mol. The Balaban J connectivity index is 1.75. The summed E-state index contributed by atoms with van der Waals surface area (Å²) in [5, 5.41) is 29.3. The highest BCUT2D eigenvalue weighted by Gasteiger charge is 2.22. The van der Waals surface area contributed by atoms with Gasteiger partial charge in [-0.1, -0.05) is 0 Å². The number of nitrogens with one attached hydrogen (secondary N) is 3. The number of halogens is 4. The van der Waals surface area contributed by atoms with Gasteiger partial charge in [0.15, 0.2) is 29.0 Å². The minimum atomic E-state index is -1.82. The molecule has 0 aliphatic rings. The van der Waals surface area contributed by atoms with E-state index in [2.05, 4.69) is 31.1 Å². The molecule has 3 aromatic heterocycles. The number of benzene rings is 2. The molecule has 0 amide bonds. The first-order valence-electron chi connectivity index (χ1n) is 12.2. The molecule has 44 heavy (non-hydrogen) atoms. The van der Waals surface area contributed by atoms with Crippen molar-refractivity contribution in [3.8, 4) is 18.2 Å². The molecule has 5 rings (SSSR count). The highest BCUT2D eigenvalue weighted by atomic mass is 19.2. The Morgan fingerprint density at radius 3 is 1.77 bits per heavy atom. The van der Waals surface area contributed by atoms with Crippen LogP contribution in [0.3, 0.4) is 0 Å². The molecule has 0 radical (unpaired) electrons. The smallest absolute Gasteiger partial charge is 0.173 e. The van der Waals surface area contributed by atoms with Crippen molar-refractivity contribution >= 4 is 61.7 Å². The maximum Gasteiger partial charge on any atom is 0.173 e. The second-order valence-electron chi connectivity index (χ2n) is 9.08. The van der Waals surface area contributed by atoms with Crippen LogP contribution in [0.15, 0.2) is 18.2 Å². The molecule has 0 aliphatic carbocycles. The second-order valence-corrected chi connectivity index (χ2v) is 9.08. The number of nitrogen functional groups attached to an aromatic ring is 2. The maximum atomic E-state index is 14.8. The fraction of sp³-hybridized carbons (Fsp3) is 0.0370. The molecule has 5 aromatic rings. The second kappa shape index (κ2) is 10.6. The third kappa shape index (κ3) is 4.27. The van der Waals surface area contributed by atoms with Crippen molar-refractivity contribution in [1.29, 1.82) is 15.8 Å². The lowest BCUT2D eigenvalue weighted by Crippen LogP contribution is -2.40. The molecule has 218 valence electrons. The monoisotopic (exact) mass is 599 g/mol. The first-order chi connectivity index (χ1) is 21.0. The lowest BCUT2D eigenvalue weighted by Gasteiger charge is -2.16. The molecule has 17 heteroatoms. The number of hydrogen-bond acceptors (Lipinski definition) is 13. The summed E-state index contributed by atoms with van der Waals surface area (Å²) in [4.78, 5) is 13.0. The minimum Gasteiger partial charge on any atom is -0.385 e. The highest BCUT2D eigenvalue weighted by Crippen LogP contribution is 2.37. The number of rotatable bonds is 4. The summed E-state index contributed by atoms with van der Waals surface area (Å²) in [5.41, 5.74) is 28.3. The van der Waals surface area contributed by atoms with E-state index in [-0.39, 0.29) is 56.1 Å². The number of fused-ring (bicyclic) bond motifs is 6. The summed E-state index contributed by atoms with van der Waals surface area (Å²) in [6.45, 7) is 0. The van der Waals surface area contributed by atoms with Crippen LogP contribution in [0, 0.1) is 57.3 Å². The van der Waals surface area contributed by atoms with E-state index < -0.39 is 45.3 Å². The Bertz CT molecular complexity index is 2320. The molecule has 3 heterocycles. The van der Waals surface area contributed by atoms with Crippen LogP contribution >= 0.6 is 0 Å². The standard InChI is InChI=1S/C27H17F4N13/c1-39-26(37)15-17(28)19(30)16(20(31)18(15)29)27(38)44-43-13-4-11-10-3-9(6-33)24(35)42-22(10)23-12(21(11)41-25(13)36)2-8(5-32)14(7-34)40-23/h2-4,39,43-44H,37-38H2,1H3,(H2,35,42)(H2,36,41). The average Bonchev–Trinajstić information content (AvgIpc) is 3.02. The van der Waals surface area contributed by atoms with E-state index in [1.165, 1.54) is 25.2 Å². The minimum absolute atomic E-state index is 0.00365. The Morgan fingerprint density at radius 2 is 1.20 bits per heavy atom. The lowest BCUT2D eigenvalue weighted by atomic mass is 10.00. The first kappa shape index (κ1) is 28.7. The van der Waals surface area contributed by atoms with Crippen molar-refractivity contribution in [2.75, 3.05) is 23.9 Å². The highest BCUT2D eigenvalue weighted by molar-refractivity contribution is 6.23. The van der Waals surface area contributed by atoms with Gasteiger partial charge in [-0.05, 0) is 18.2 Å². The van der Waals surface area contributed by atoms with Crippen LogP contribution in [0.25, 0.3) is 44.4 Å². The molecule has 11 N–H and O–H groups in total. The van der Waals surface area contributed by atoms with Crippen LogP contribution in [0.4, 0.5) is 34.9 Å². The zero-order chi connectivity index (χ0) is 32.0. The van der Waals surface area contributed by atoms with Crippen molar-refractivity contribution in [2.45, 2.75) is 0 Å². The van der Waals surface area contributed by atoms with Gasteiger partial charge in [0.1, 0.15) is 47.0 Å². The number of anilines is 3. The predicted octanol–water partition coefficient (Wildman–Crippen LogP) is 0.552. The zero-order valence-electron chi connectivity index (χ0n) is 22.2. The lowest BCUT2D eigenvalue weighted by molar-refractivity contribution is 0.432. The summed E-state index contributed by atoms with van der Waals surface area (Å²) in [7, 11) is 1.20. The van der Waals surface area contributed by atoms with Crippen molar-refractivity contribution < 1.29 is 17.6 Å². The number of hydrazine groups is 1. The Hall–Kier alpha value is -6.80. The number of nitriles is 3.